The fraction of sp³-hybridized carbons (Fsp3) is 0. The van der Waals surface area contributed by atoms with Crippen LogP contribution in [0, 0.1) is 0 Å². The van der Waals surface area contributed by atoms with Crippen molar-refractivity contribution in [2.75, 3.05) is 0 Å². The standard InChI is InChI=1S/C7H6O6S.BF4/c8-7(9)5-3-1-2-4-6(5)13-14(10,11)12;2-1(3,4)5/h1-4H,(H,8,9)(H,10,11,12);/q;-1. The van der Waals surface area contributed by atoms with Gasteiger partial charge in [0.2, 0.25) is 0 Å². The van der Waals surface area contributed by atoms with E-state index in [0.29, 0.717) is 0 Å². The second kappa shape index (κ2) is 6.38. The maximum Gasteiger partial charge on any atom is 0.673 e. The van der Waals surface area contributed by atoms with Gasteiger partial charge >= 0.3 is 23.6 Å². The number of rotatable bonds is 3. The summed E-state index contributed by atoms with van der Waals surface area (Å²) >= 11 is 0. The van der Waals surface area contributed by atoms with Gasteiger partial charge in [-0.15, -0.1) is 0 Å². The van der Waals surface area contributed by atoms with Gasteiger partial charge < -0.3 is 26.6 Å². The molecule has 1 aromatic carbocycles. The predicted molar refractivity (Wildman–Crippen MR) is 55.8 cm³/mol. The molecule has 19 heavy (non-hydrogen) atoms. The van der Waals surface area contributed by atoms with Crippen LogP contribution in [-0.4, -0.2) is 31.3 Å². The van der Waals surface area contributed by atoms with Gasteiger partial charge in [0.15, 0.2) is 5.75 Å². The van der Waals surface area contributed by atoms with E-state index < -0.39 is 29.4 Å². The summed E-state index contributed by atoms with van der Waals surface area (Å²) in [4.78, 5) is 10.6. The second-order valence-electron chi connectivity index (χ2n) is 2.81. The van der Waals surface area contributed by atoms with Gasteiger partial charge in [0, 0.05) is 0 Å². The lowest BCUT2D eigenvalue weighted by Gasteiger charge is -2.03. The van der Waals surface area contributed by atoms with Crippen molar-refractivity contribution < 1.29 is 44.3 Å². The minimum absolute atomic E-state index is 0.342. The highest BCUT2D eigenvalue weighted by atomic mass is 32.3. The van der Waals surface area contributed by atoms with Crippen LogP contribution >= 0.6 is 0 Å². The Morgan fingerprint density at radius 3 is 1.95 bits per heavy atom. The Bertz CT molecular complexity index is 537. The lowest BCUT2D eigenvalue weighted by Crippen LogP contribution is -2.10. The van der Waals surface area contributed by atoms with Crippen molar-refractivity contribution in [3.05, 3.63) is 29.8 Å². The molecule has 12 heteroatoms. The topological polar surface area (TPSA) is 101 Å². The Labute approximate surface area is 104 Å². The summed E-state index contributed by atoms with van der Waals surface area (Å²) in [7, 11) is -10.7. The summed E-state index contributed by atoms with van der Waals surface area (Å²) in [6.45, 7) is 0. The zero-order chi connectivity index (χ0) is 15.3. The van der Waals surface area contributed by atoms with Crippen molar-refractivity contribution in [1.29, 1.82) is 0 Å². The van der Waals surface area contributed by atoms with E-state index in [2.05, 4.69) is 4.18 Å². The lowest BCUT2D eigenvalue weighted by molar-refractivity contribution is 0.0695. The number of aromatic carboxylic acids is 1. The predicted octanol–water partition coefficient (Wildman–Crippen LogP) is 1.87. The molecule has 0 heterocycles. The highest BCUT2D eigenvalue weighted by Crippen LogP contribution is 2.18. The van der Waals surface area contributed by atoms with Crippen LogP contribution in [0.3, 0.4) is 0 Å². The fourth-order valence-corrected chi connectivity index (χ4v) is 1.20. The van der Waals surface area contributed by atoms with Crippen molar-refractivity contribution in [2.24, 2.45) is 0 Å². The third-order valence-corrected chi connectivity index (χ3v) is 1.70. The number of hydrogen-bond donors (Lipinski definition) is 2. The molecule has 0 aliphatic rings. The maximum absolute atomic E-state index is 10.6. The molecule has 0 saturated carbocycles. The summed E-state index contributed by atoms with van der Waals surface area (Å²) in [6.07, 6.45) is 0. The van der Waals surface area contributed by atoms with Crippen LogP contribution in [0.4, 0.5) is 17.3 Å². The van der Waals surface area contributed by atoms with Crippen LogP contribution in [0.2, 0.25) is 0 Å². The average Bonchev–Trinajstić information content (AvgIpc) is 2.12. The number of carboxylic acid groups (broad SMARTS) is 1. The molecule has 108 valence electrons. The maximum atomic E-state index is 10.6. The molecule has 0 aliphatic carbocycles. The van der Waals surface area contributed by atoms with Gasteiger partial charge in [0.25, 0.3) is 0 Å². The molecule has 0 atom stereocenters. The molecule has 0 spiro atoms. The quantitative estimate of drug-likeness (QED) is 0.502. The van der Waals surface area contributed by atoms with Gasteiger partial charge in [-0.25, -0.2) is 4.79 Å². The summed E-state index contributed by atoms with van der Waals surface area (Å²) < 4.78 is 72.0. The molecule has 2 N–H and O–H groups in total. The van der Waals surface area contributed by atoms with Crippen LogP contribution < -0.4 is 4.18 Å². The first-order valence-electron chi connectivity index (χ1n) is 4.26. The van der Waals surface area contributed by atoms with Gasteiger partial charge in [-0.05, 0) is 12.1 Å². The number of para-hydroxylation sites is 1. The Balaban J connectivity index is 0.000000555. The number of carboxylic acids is 1. The zero-order valence-electron chi connectivity index (χ0n) is 8.83. The molecule has 0 unspecified atom stereocenters. The smallest absolute Gasteiger partial charge is 0.478 e. The van der Waals surface area contributed by atoms with E-state index in [1.54, 1.807) is 0 Å². The zero-order valence-corrected chi connectivity index (χ0v) is 9.65. The van der Waals surface area contributed by atoms with Gasteiger partial charge in [-0.1, -0.05) is 12.1 Å². The molecule has 1 aromatic rings. The number of benzene rings is 1. The highest BCUT2D eigenvalue weighted by molar-refractivity contribution is 7.81. The first-order chi connectivity index (χ1) is 8.40. The highest BCUT2D eigenvalue weighted by Gasteiger charge is 2.20. The van der Waals surface area contributed by atoms with E-state index in [1.165, 1.54) is 12.1 Å². The number of hydrogen-bond acceptors (Lipinski definition) is 4. The average molecular weight is 305 g/mol. The minimum Gasteiger partial charge on any atom is -0.478 e. The molecule has 0 fully saturated rings. The lowest BCUT2D eigenvalue weighted by atomic mass is 10.2. The summed E-state index contributed by atoms with van der Waals surface area (Å²) in [5.41, 5.74) is -0.342. The second-order valence-corrected chi connectivity index (χ2v) is 3.83. The molecule has 0 saturated heterocycles. The first kappa shape index (κ1) is 17.2. The van der Waals surface area contributed by atoms with E-state index in [0.717, 1.165) is 12.1 Å². The van der Waals surface area contributed by atoms with E-state index in [4.69, 9.17) is 9.66 Å². The van der Waals surface area contributed by atoms with Crippen molar-refractivity contribution in [2.45, 2.75) is 0 Å². The monoisotopic (exact) mass is 305 g/mol. The van der Waals surface area contributed by atoms with Gasteiger partial charge in [0.1, 0.15) is 5.56 Å². The Kier molecular flexibility index (Phi) is 5.77. The summed E-state index contributed by atoms with van der Waals surface area (Å²) in [6, 6.07) is 5.06. The van der Waals surface area contributed by atoms with Crippen LogP contribution in [0.15, 0.2) is 24.3 Å². The van der Waals surface area contributed by atoms with Crippen molar-refractivity contribution in [3.63, 3.8) is 0 Å². The van der Waals surface area contributed by atoms with E-state index in [-0.39, 0.29) is 5.56 Å². The third kappa shape index (κ3) is 9.85. The van der Waals surface area contributed by atoms with E-state index in [9.17, 15) is 30.5 Å². The molecule has 0 bridgehead atoms. The fourth-order valence-electron chi connectivity index (χ4n) is 0.829. The molecular formula is C7H6BF4O6S-. The molecule has 6 nitrogen and oxygen atoms in total. The Hall–Kier alpha value is -1.82. The molecule has 1 rings (SSSR count). The molecule has 0 amide bonds. The third-order valence-electron chi connectivity index (χ3n) is 1.31. The number of carbonyl (C=O) groups is 1. The van der Waals surface area contributed by atoms with Gasteiger partial charge in [-0.3, -0.25) is 4.55 Å². The molecular weight excluding hydrogens is 299 g/mol. The van der Waals surface area contributed by atoms with Crippen LogP contribution in [-0.2, 0) is 10.4 Å². The largest absolute Gasteiger partial charge is 0.673 e. The number of halogens is 4. The van der Waals surface area contributed by atoms with Gasteiger partial charge in [0.05, 0.1) is 0 Å². The SMILES string of the molecule is F[B-](F)(F)F.O=C(O)c1ccccc1OS(=O)(=O)O. The van der Waals surface area contributed by atoms with Crippen molar-refractivity contribution in [3.8, 4) is 5.75 Å². The first-order valence-corrected chi connectivity index (χ1v) is 5.63. The normalized spacial score (nSPS) is 11.2. The molecule has 0 aliphatic heterocycles. The van der Waals surface area contributed by atoms with Crippen LogP contribution in [0.5, 0.6) is 5.75 Å². The van der Waals surface area contributed by atoms with Crippen LogP contribution in [0.25, 0.3) is 0 Å². The van der Waals surface area contributed by atoms with Crippen LogP contribution in [0.1, 0.15) is 10.4 Å². The van der Waals surface area contributed by atoms with Gasteiger partial charge in [-0.2, -0.15) is 8.42 Å². The van der Waals surface area contributed by atoms with Crippen molar-refractivity contribution >= 4 is 23.6 Å². The minimum atomic E-state index is -6.00. The Morgan fingerprint density at radius 2 is 1.58 bits per heavy atom. The molecule has 0 radical (unpaired) electrons. The van der Waals surface area contributed by atoms with E-state index in [1.807, 2.05) is 0 Å². The molecule has 0 aromatic heterocycles. The Morgan fingerprint density at radius 1 is 1.16 bits per heavy atom. The van der Waals surface area contributed by atoms with E-state index >= 15 is 0 Å². The summed E-state index contributed by atoms with van der Waals surface area (Å²) in [5, 5.41) is 8.61. The summed E-state index contributed by atoms with van der Waals surface area (Å²) in [5.74, 6) is -1.77. The van der Waals surface area contributed by atoms with Crippen molar-refractivity contribution in [1.82, 2.24) is 0 Å².